The van der Waals surface area contributed by atoms with Crippen molar-refractivity contribution in [2.45, 2.75) is 4.90 Å². The van der Waals surface area contributed by atoms with Crippen molar-refractivity contribution in [3.63, 3.8) is 0 Å². The lowest BCUT2D eigenvalue weighted by Crippen LogP contribution is -2.14. The molecule has 3 N–H and O–H groups in total. The Morgan fingerprint density at radius 2 is 1.69 bits per heavy atom. The van der Waals surface area contributed by atoms with Crippen LogP contribution in [0.2, 0.25) is 0 Å². The van der Waals surface area contributed by atoms with E-state index in [2.05, 4.69) is 20.2 Å². The number of aromatic nitrogens is 2. The Balaban J connectivity index is 1.45. The molecule has 0 aliphatic rings. The molecule has 0 spiro atoms. The summed E-state index contributed by atoms with van der Waals surface area (Å²) in [5.41, 5.74) is 3.07. The fourth-order valence-corrected chi connectivity index (χ4v) is 4.10. The first-order valence-corrected chi connectivity index (χ1v) is 11.1. The number of carbonyl (C=O) groups excluding carboxylic acids is 1. The second kappa shape index (κ2) is 8.94. The summed E-state index contributed by atoms with van der Waals surface area (Å²) in [6, 6.07) is 21.4. The third kappa shape index (κ3) is 4.79. The minimum absolute atomic E-state index is 0.0473. The molecule has 0 unspecified atom stereocenters. The van der Waals surface area contributed by atoms with Gasteiger partial charge in [0.1, 0.15) is 5.75 Å². The Labute approximate surface area is 185 Å². The van der Waals surface area contributed by atoms with Gasteiger partial charge in [-0.1, -0.05) is 12.1 Å². The Bertz CT molecular complexity index is 1320. The summed E-state index contributed by atoms with van der Waals surface area (Å²) in [5, 5.41) is 9.62. The number of nitrogens with one attached hydrogen (secondary N) is 3. The Morgan fingerprint density at radius 3 is 2.34 bits per heavy atom. The van der Waals surface area contributed by atoms with Gasteiger partial charge < -0.3 is 10.1 Å². The molecule has 4 aromatic rings. The number of amides is 1. The number of rotatable bonds is 7. The lowest BCUT2D eigenvalue weighted by molar-refractivity contribution is 0.102. The molecule has 0 aliphatic heterocycles. The number of anilines is 2. The van der Waals surface area contributed by atoms with Gasteiger partial charge in [0, 0.05) is 28.7 Å². The maximum absolute atomic E-state index is 12.6. The Morgan fingerprint density at radius 1 is 0.938 bits per heavy atom. The first-order valence-electron chi connectivity index (χ1n) is 9.63. The second-order valence-corrected chi connectivity index (χ2v) is 8.55. The summed E-state index contributed by atoms with van der Waals surface area (Å²) in [4.78, 5) is 12.7. The van der Waals surface area contributed by atoms with Crippen molar-refractivity contribution in [1.29, 1.82) is 0 Å². The predicted octanol–water partition coefficient (Wildman–Crippen LogP) is 4.14. The van der Waals surface area contributed by atoms with Gasteiger partial charge in [-0.2, -0.15) is 5.10 Å². The molecule has 0 bridgehead atoms. The second-order valence-electron chi connectivity index (χ2n) is 6.86. The van der Waals surface area contributed by atoms with E-state index in [1.165, 1.54) is 31.4 Å². The van der Waals surface area contributed by atoms with Crippen LogP contribution in [-0.2, 0) is 10.0 Å². The third-order valence-electron chi connectivity index (χ3n) is 4.70. The van der Waals surface area contributed by atoms with E-state index in [9.17, 15) is 13.2 Å². The third-order valence-corrected chi connectivity index (χ3v) is 6.10. The van der Waals surface area contributed by atoms with E-state index in [1.54, 1.807) is 36.5 Å². The first-order chi connectivity index (χ1) is 15.4. The number of benzene rings is 3. The molecular formula is C23H20N4O4S. The average molecular weight is 449 g/mol. The molecule has 1 amide bonds. The minimum Gasteiger partial charge on any atom is -0.497 e. The van der Waals surface area contributed by atoms with Gasteiger partial charge in [0.2, 0.25) is 0 Å². The number of nitrogens with zero attached hydrogens (tertiary/aromatic N) is 1. The molecule has 162 valence electrons. The normalized spacial score (nSPS) is 11.0. The fourth-order valence-electron chi connectivity index (χ4n) is 3.04. The monoisotopic (exact) mass is 448 g/mol. The molecule has 1 aromatic heterocycles. The van der Waals surface area contributed by atoms with E-state index in [0.29, 0.717) is 22.7 Å². The van der Waals surface area contributed by atoms with Gasteiger partial charge in [-0.3, -0.25) is 14.6 Å². The van der Waals surface area contributed by atoms with Crippen LogP contribution < -0.4 is 14.8 Å². The van der Waals surface area contributed by atoms with Crippen LogP contribution in [0.4, 0.5) is 11.4 Å². The zero-order valence-electron chi connectivity index (χ0n) is 17.1. The van der Waals surface area contributed by atoms with Gasteiger partial charge in [0.05, 0.1) is 17.7 Å². The molecular weight excluding hydrogens is 428 g/mol. The average Bonchev–Trinajstić information content (AvgIpc) is 3.35. The van der Waals surface area contributed by atoms with Crippen molar-refractivity contribution < 1.29 is 17.9 Å². The smallest absolute Gasteiger partial charge is 0.261 e. The molecule has 0 saturated heterocycles. The number of H-pyrrole nitrogens is 1. The first kappa shape index (κ1) is 21.1. The molecule has 3 aromatic carbocycles. The number of methoxy groups -OCH3 is 1. The van der Waals surface area contributed by atoms with Crippen LogP contribution in [0.3, 0.4) is 0 Å². The lowest BCUT2D eigenvalue weighted by Gasteiger charge is -2.10. The number of hydrogen-bond donors (Lipinski definition) is 3. The van der Waals surface area contributed by atoms with Crippen LogP contribution >= 0.6 is 0 Å². The SMILES string of the molecule is COc1ccc(NS(=O)(=O)c2ccc(C(=O)Nc3cccc(-c4ccn[nH]4)c3)cc2)cc1. The van der Waals surface area contributed by atoms with Crippen molar-refractivity contribution in [2.24, 2.45) is 0 Å². The maximum atomic E-state index is 12.6. The van der Waals surface area contributed by atoms with Crippen LogP contribution in [0.15, 0.2) is 90.0 Å². The van der Waals surface area contributed by atoms with Gasteiger partial charge in [-0.05, 0) is 66.7 Å². The molecule has 9 heteroatoms. The molecule has 0 aliphatic carbocycles. The summed E-state index contributed by atoms with van der Waals surface area (Å²) in [5.74, 6) is 0.275. The molecule has 4 rings (SSSR count). The highest BCUT2D eigenvalue weighted by molar-refractivity contribution is 7.92. The predicted molar refractivity (Wildman–Crippen MR) is 122 cm³/mol. The van der Waals surface area contributed by atoms with Crippen LogP contribution in [-0.4, -0.2) is 31.6 Å². The van der Waals surface area contributed by atoms with Gasteiger partial charge in [0.25, 0.3) is 15.9 Å². The Hall–Kier alpha value is -4.11. The van der Waals surface area contributed by atoms with Gasteiger partial charge in [-0.15, -0.1) is 0 Å². The highest BCUT2D eigenvalue weighted by Crippen LogP contribution is 2.22. The van der Waals surface area contributed by atoms with Crippen molar-refractivity contribution in [3.8, 4) is 17.0 Å². The zero-order chi connectivity index (χ0) is 22.6. The van der Waals surface area contributed by atoms with Crippen LogP contribution in [0.5, 0.6) is 5.75 Å². The van der Waals surface area contributed by atoms with E-state index in [4.69, 9.17) is 4.74 Å². The van der Waals surface area contributed by atoms with E-state index in [1.807, 2.05) is 24.3 Å². The van der Waals surface area contributed by atoms with Gasteiger partial charge >= 0.3 is 0 Å². The minimum atomic E-state index is -3.80. The quantitative estimate of drug-likeness (QED) is 0.393. The summed E-state index contributed by atoms with van der Waals surface area (Å²) in [7, 11) is -2.26. The highest BCUT2D eigenvalue weighted by atomic mass is 32.2. The van der Waals surface area contributed by atoms with E-state index < -0.39 is 10.0 Å². The molecule has 8 nitrogen and oxygen atoms in total. The molecule has 0 atom stereocenters. The summed E-state index contributed by atoms with van der Waals surface area (Å²) in [6.07, 6.45) is 1.65. The highest BCUT2D eigenvalue weighted by Gasteiger charge is 2.15. The zero-order valence-corrected chi connectivity index (χ0v) is 17.9. The summed E-state index contributed by atoms with van der Waals surface area (Å²) >= 11 is 0. The van der Waals surface area contributed by atoms with E-state index >= 15 is 0 Å². The standard InChI is InChI=1S/C23H20N4O4S/c1-31-20-9-7-18(8-10-20)27-32(29,30)21-11-5-16(6-12-21)23(28)25-19-4-2-3-17(15-19)22-13-14-24-26-22/h2-15,27H,1H3,(H,24,26)(H,25,28). The van der Waals surface area contributed by atoms with Crippen molar-refractivity contribution in [1.82, 2.24) is 10.2 Å². The van der Waals surface area contributed by atoms with Gasteiger partial charge in [0.15, 0.2) is 0 Å². The molecule has 32 heavy (non-hydrogen) atoms. The summed E-state index contributed by atoms with van der Waals surface area (Å²) < 4.78 is 32.8. The molecule has 0 fully saturated rings. The molecule has 0 saturated carbocycles. The topological polar surface area (TPSA) is 113 Å². The van der Waals surface area contributed by atoms with Crippen molar-refractivity contribution >= 4 is 27.3 Å². The largest absolute Gasteiger partial charge is 0.497 e. The number of carbonyl (C=O) groups is 1. The number of hydrogen-bond acceptors (Lipinski definition) is 5. The van der Waals surface area contributed by atoms with Gasteiger partial charge in [-0.25, -0.2) is 8.42 Å². The molecule has 1 heterocycles. The van der Waals surface area contributed by atoms with Crippen LogP contribution in [0, 0.1) is 0 Å². The fraction of sp³-hybridized carbons (Fsp3) is 0.0435. The molecule has 0 radical (unpaired) electrons. The number of sulfonamides is 1. The van der Waals surface area contributed by atoms with Crippen LogP contribution in [0.25, 0.3) is 11.3 Å². The number of ether oxygens (including phenoxy) is 1. The van der Waals surface area contributed by atoms with E-state index in [0.717, 1.165) is 11.3 Å². The maximum Gasteiger partial charge on any atom is 0.261 e. The van der Waals surface area contributed by atoms with Crippen molar-refractivity contribution in [3.05, 3.63) is 90.6 Å². The van der Waals surface area contributed by atoms with Crippen molar-refractivity contribution in [2.75, 3.05) is 17.1 Å². The summed E-state index contributed by atoms with van der Waals surface area (Å²) in [6.45, 7) is 0. The van der Waals surface area contributed by atoms with Crippen LogP contribution in [0.1, 0.15) is 10.4 Å². The Kier molecular flexibility index (Phi) is 5.91. The van der Waals surface area contributed by atoms with E-state index in [-0.39, 0.29) is 10.8 Å². The lowest BCUT2D eigenvalue weighted by atomic mass is 10.1. The number of aromatic amines is 1.